The van der Waals surface area contributed by atoms with Gasteiger partial charge in [-0.2, -0.15) is 0 Å². The van der Waals surface area contributed by atoms with E-state index in [1.165, 1.54) is 5.56 Å². The topological polar surface area (TPSA) is 44.8 Å². The Hall–Kier alpha value is -1.81. The second-order valence-electron chi connectivity index (χ2n) is 4.37. The van der Waals surface area contributed by atoms with Crippen molar-refractivity contribution in [3.8, 4) is 5.75 Å². The zero-order valence-electron chi connectivity index (χ0n) is 12.2. The minimum absolute atomic E-state index is 0.233. The van der Waals surface area contributed by atoms with Gasteiger partial charge in [0, 0.05) is 5.57 Å². The lowest BCUT2D eigenvalue weighted by Crippen LogP contribution is -2.13. The zero-order valence-corrected chi connectivity index (χ0v) is 12.2. The fourth-order valence-electron chi connectivity index (χ4n) is 1.46. The third-order valence-corrected chi connectivity index (χ3v) is 2.64. The SMILES string of the molecule is C=C(C)C(=O)OCCOCCOc1ccc(CC)cc1. The first kappa shape index (κ1) is 16.2. The predicted molar refractivity (Wildman–Crippen MR) is 77.9 cm³/mol. The van der Waals surface area contributed by atoms with E-state index in [1.54, 1.807) is 6.92 Å². The average Bonchev–Trinajstić information content (AvgIpc) is 2.46. The lowest BCUT2D eigenvalue weighted by atomic mass is 10.2. The molecule has 0 aliphatic heterocycles. The first-order chi connectivity index (χ1) is 9.63. The molecule has 1 rings (SSSR count). The summed E-state index contributed by atoms with van der Waals surface area (Å²) in [6.07, 6.45) is 1.02. The Morgan fingerprint density at radius 3 is 2.35 bits per heavy atom. The van der Waals surface area contributed by atoms with E-state index in [9.17, 15) is 4.79 Å². The Morgan fingerprint density at radius 2 is 1.75 bits per heavy atom. The third-order valence-electron chi connectivity index (χ3n) is 2.64. The number of hydrogen-bond acceptors (Lipinski definition) is 4. The summed E-state index contributed by atoms with van der Waals surface area (Å²) in [5.41, 5.74) is 1.68. The highest BCUT2D eigenvalue weighted by Crippen LogP contribution is 2.12. The molecule has 0 radical (unpaired) electrons. The molecule has 0 heterocycles. The van der Waals surface area contributed by atoms with Crippen molar-refractivity contribution < 1.29 is 19.0 Å². The zero-order chi connectivity index (χ0) is 14.8. The first-order valence-electron chi connectivity index (χ1n) is 6.75. The van der Waals surface area contributed by atoms with Crippen LogP contribution < -0.4 is 4.74 Å². The smallest absolute Gasteiger partial charge is 0.333 e. The van der Waals surface area contributed by atoms with E-state index in [1.807, 2.05) is 24.3 Å². The van der Waals surface area contributed by atoms with Crippen molar-refractivity contribution in [1.29, 1.82) is 0 Å². The number of carbonyl (C=O) groups is 1. The Labute approximate surface area is 120 Å². The molecule has 110 valence electrons. The molecular weight excluding hydrogens is 256 g/mol. The molecule has 0 atom stereocenters. The van der Waals surface area contributed by atoms with Crippen molar-refractivity contribution >= 4 is 5.97 Å². The Kier molecular flexibility index (Phi) is 7.43. The molecule has 1 aromatic carbocycles. The molecule has 0 amide bonds. The fourth-order valence-corrected chi connectivity index (χ4v) is 1.46. The van der Waals surface area contributed by atoms with Crippen molar-refractivity contribution in [2.45, 2.75) is 20.3 Å². The number of ether oxygens (including phenoxy) is 3. The molecule has 4 nitrogen and oxygen atoms in total. The van der Waals surface area contributed by atoms with Crippen LogP contribution in [0.4, 0.5) is 0 Å². The third kappa shape index (κ3) is 6.38. The summed E-state index contributed by atoms with van der Waals surface area (Å²) >= 11 is 0. The molecule has 0 bridgehead atoms. The van der Waals surface area contributed by atoms with Gasteiger partial charge in [0.2, 0.25) is 0 Å². The van der Waals surface area contributed by atoms with E-state index >= 15 is 0 Å². The van der Waals surface area contributed by atoms with Crippen molar-refractivity contribution in [2.75, 3.05) is 26.4 Å². The van der Waals surface area contributed by atoms with Crippen molar-refractivity contribution in [2.24, 2.45) is 0 Å². The summed E-state index contributed by atoms with van der Waals surface area (Å²) in [7, 11) is 0. The molecule has 0 unspecified atom stereocenters. The second kappa shape index (κ2) is 9.15. The van der Waals surface area contributed by atoms with Gasteiger partial charge in [0.25, 0.3) is 0 Å². The maximum Gasteiger partial charge on any atom is 0.333 e. The molecule has 0 aliphatic carbocycles. The molecule has 0 saturated heterocycles. The van der Waals surface area contributed by atoms with Crippen LogP contribution in [0, 0.1) is 0 Å². The van der Waals surface area contributed by atoms with Gasteiger partial charge in [0.05, 0.1) is 13.2 Å². The fraction of sp³-hybridized carbons (Fsp3) is 0.438. The highest BCUT2D eigenvalue weighted by atomic mass is 16.6. The van der Waals surface area contributed by atoms with E-state index in [-0.39, 0.29) is 12.6 Å². The number of aryl methyl sites for hydroxylation is 1. The molecule has 20 heavy (non-hydrogen) atoms. The number of carbonyl (C=O) groups excluding carboxylic acids is 1. The van der Waals surface area contributed by atoms with Gasteiger partial charge >= 0.3 is 5.97 Å². The van der Waals surface area contributed by atoms with Gasteiger partial charge < -0.3 is 14.2 Å². The quantitative estimate of drug-likeness (QED) is 0.396. The molecule has 0 saturated carbocycles. The van der Waals surface area contributed by atoms with E-state index < -0.39 is 0 Å². The highest BCUT2D eigenvalue weighted by molar-refractivity contribution is 5.86. The summed E-state index contributed by atoms with van der Waals surface area (Å²) in [6.45, 7) is 8.74. The van der Waals surface area contributed by atoms with Crippen LogP contribution in [0.15, 0.2) is 36.4 Å². The number of hydrogen-bond donors (Lipinski definition) is 0. The molecule has 0 aromatic heterocycles. The molecular formula is C16H22O4. The number of esters is 1. The van der Waals surface area contributed by atoms with Crippen LogP contribution in [-0.2, 0) is 20.7 Å². The van der Waals surface area contributed by atoms with Crippen molar-refractivity contribution in [3.63, 3.8) is 0 Å². The average molecular weight is 278 g/mol. The summed E-state index contributed by atoms with van der Waals surface area (Å²) < 4.78 is 15.7. The standard InChI is InChI=1S/C16H22O4/c1-4-14-5-7-15(8-6-14)19-11-9-18-10-12-20-16(17)13(2)3/h5-8H,2,4,9-12H2,1,3H3. The molecule has 0 spiro atoms. The predicted octanol–water partition coefficient (Wildman–Crippen LogP) is 2.76. The largest absolute Gasteiger partial charge is 0.491 e. The maximum atomic E-state index is 11.1. The maximum absolute atomic E-state index is 11.1. The van der Waals surface area contributed by atoms with Gasteiger partial charge in [-0.25, -0.2) is 4.79 Å². The molecule has 4 heteroatoms. The van der Waals surface area contributed by atoms with Gasteiger partial charge in [-0.1, -0.05) is 25.6 Å². The molecule has 0 fully saturated rings. The Bertz CT molecular complexity index is 423. The number of rotatable bonds is 9. The van der Waals surface area contributed by atoms with Crippen molar-refractivity contribution in [3.05, 3.63) is 42.0 Å². The van der Waals surface area contributed by atoms with Gasteiger partial charge in [-0.15, -0.1) is 0 Å². The molecule has 0 aliphatic rings. The van der Waals surface area contributed by atoms with Crippen LogP contribution in [0.3, 0.4) is 0 Å². The molecule has 1 aromatic rings. The van der Waals surface area contributed by atoms with E-state index in [4.69, 9.17) is 14.2 Å². The van der Waals surface area contributed by atoms with E-state index in [2.05, 4.69) is 13.5 Å². The van der Waals surface area contributed by atoms with Crippen molar-refractivity contribution in [1.82, 2.24) is 0 Å². The van der Waals surface area contributed by atoms with Crippen LogP contribution in [0.25, 0.3) is 0 Å². The van der Waals surface area contributed by atoms with Gasteiger partial charge in [0.15, 0.2) is 0 Å². The van der Waals surface area contributed by atoms with Crippen LogP contribution in [0.2, 0.25) is 0 Å². The minimum atomic E-state index is -0.388. The Balaban J connectivity index is 2.04. The number of benzene rings is 1. The van der Waals surface area contributed by atoms with Gasteiger partial charge in [-0.3, -0.25) is 0 Å². The lowest BCUT2D eigenvalue weighted by Gasteiger charge is -2.08. The van der Waals surface area contributed by atoms with Crippen LogP contribution in [-0.4, -0.2) is 32.4 Å². The first-order valence-corrected chi connectivity index (χ1v) is 6.75. The summed E-state index contributed by atoms with van der Waals surface area (Å²) in [5, 5.41) is 0. The normalized spacial score (nSPS) is 10.1. The monoisotopic (exact) mass is 278 g/mol. The Morgan fingerprint density at radius 1 is 1.10 bits per heavy atom. The van der Waals surface area contributed by atoms with Crippen LogP contribution in [0.5, 0.6) is 5.75 Å². The summed E-state index contributed by atoms with van der Waals surface area (Å²) in [6, 6.07) is 8.00. The van der Waals surface area contributed by atoms with Gasteiger partial charge in [0.1, 0.15) is 19.0 Å². The van der Waals surface area contributed by atoms with Gasteiger partial charge in [-0.05, 0) is 31.0 Å². The lowest BCUT2D eigenvalue weighted by molar-refractivity contribution is -0.140. The highest BCUT2D eigenvalue weighted by Gasteiger charge is 2.01. The second-order valence-corrected chi connectivity index (χ2v) is 4.37. The minimum Gasteiger partial charge on any atom is -0.491 e. The van der Waals surface area contributed by atoms with Crippen LogP contribution >= 0.6 is 0 Å². The summed E-state index contributed by atoms with van der Waals surface area (Å²) in [4.78, 5) is 11.1. The molecule has 0 N–H and O–H groups in total. The summed E-state index contributed by atoms with van der Waals surface area (Å²) in [5.74, 6) is 0.445. The van der Waals surface area contributed by atoms with Crippen LogP contribution in [0.1, 0.15) is 19.4 Å². The van der Waals surface area contributed by atoms with E-state index in [0.717, 1.165) is 12.2 Å². The van der Waals surface area contributed by atoms with E-state index in [0.29, 0.717) is 25.4 Å².